The molecule has 174 valence electrons. The lowest BCUT2D eigenvalue weighted by Crippen LogP contribution is -2.12. The Balaban J connectivity index is 0. The van der Waals surface area contributed by atoms with Gasteiger partial charge in [-0.1, -0.05) is 176 Å². The standard InChI is InChI=1S/C24H51B.C3H9B/c1-4-7-10-13-16-19-22-25(23-20-17-14-11-8-5-2)24-21-18-15-12-9-6-3;1-4(2)3/h4-24H2,1-3H3;1-3H3. The van der Waals surface area contributed by atoms with Crippen molar-refractivity contribution >= 4 is 13.4 Å². The molecule has 0 radical (unpaired) electrons. The summed E-state index contributed by atoms with van der Waals surface area (Å²) in [4.78, 5) is 0. The lowest BCUT2D eigenvalue weighted by Gasteiger charge is -2.14. The van der Waals surface area contributed by atoms with Crippen molar-refractivity contribution in [3.05, 3.63) is 0 Å². The number of unbranched alkanes of at least 4 members (excludes halogenated alkanes) is 15. The van der Waals surface area contributed by atoms with Gasteiger partial charge in [-0.25, -0.2) is 0 Å². The molecule has 0 saturated carbocycles. The molecule has 0 spiro atoms. The zero-order valence-corrected chi connectivity index (χ0v) is 22.0. The summed E-state index contributed by atoms with van der Waals surface area (Å²) in [7, 11) is 0. The van der Waals surface area contributed by atoms with Gasteiger partial charge in [-0.3, -0.25) is 0 Å². The molecule has 0 heterocycles. The number of hydrogen-bond acceptors (Lipinski definition) is 0. The Morgan fingerprint density at radius 3 is 0.793 bits per heavy atom. The van der Waals surface area contributed by atoms with Crippen molar-refractivity contribution in [2.75, 3.05) is 0 Å². The largest absolute Gasteiger partial charge is 0.139 e. The lowest BCUT2D eigenvalue weighted by molar-refractivity contribution is 0.610. The first-order valence-corrected chi connectivity index (χ1v) is 14.1. The van der Waals surface area contributed by atoms with Crippen LogP contribution in [-0.4, -0.2) is 13.4 Å². The van der Waals surface area contributed by atoms with Gasteiger partial charge in [0.2, 0.25) is 0 Å². The van der Waals surface area contributed by atoms with E-state index in [1.165, 1.54) is 135 Å². The average Bonchev–Trinajstić information content (AvgIpc) is 2.68. The van der Waals surface area contributed by atoms with E-state index in [-0.39, 0.29) is 0 Å². The van der Waals surface area contributed by atoms with Gasteiger partial charge in [0.1, 0.15) is 13.4 Å². The van der Waals surface area contributed by atoms with Gasteiger partial charge in [0.25, 0.3) is 0 Å². The topological polar surface area (TPSA) is 0 Å². The first-order chi connectivity index (χ1) is 14.1. The maximum atomic E-state index is 2.32. The van der Waals surface area contributed by atoms with Crippen LogP contribution in [0.4, 0.5) is 0 Å². The molecular weight excluding hydrogens is 346 g/mol. The van der Waals surface area contributed by atoms with Crippen LogP contribution in [0.25, 0.3) is 0 Å². The van der Waals surface area contributed by atoms with Crippen LogP contribution in [-0.2, 0) is 0 Å². The van der Waals surface area contributed by atoms with Gasteiger partial charge in [0.05, 0.1) is 0 Å². The average molecular weight is 406 g/mol. The predicted molar refractivity (Wildman–Crippen MR) is 144 cm³/mol. The second-order valence-corrected chi connectivity index (χ2v) is 10.3. The Hall–Kier alpha value is 0.130. The SMILES string of the molecule is CB(C)C.CCCCCCCCB(CCCCCCCC)CCCCCCCC. The van der Waals surface area contributed by atoms with Gasteiger partial charge < -0.3 is 0 Å². The zero-order chi connectivity index (χ0) is 22.0. The van der Waals surface area contributed by atoms with Gasteiger partial charge in [-0.2, -0.15) is 0 Å². The quantitative estimate of drug-likeness (QED) is 0.131. The molecule has 0 aliphatic rings. The van der Waals surface area contributed by atoms with E-state index >= 15 is 0 Å². The van der Waals surface area contributed by atoms with Crippen LogP contribution < -0.4 is 0 Å². The highest BCUT2D eigenvalue weighted by Gasteiger charge is 2.12. The molecule has 0 amide bonds. The van der Waals surface area contributed by atoms with Crippen LogP contribution in [0.2, 0.25) is 39.4 Å². The summed E-state index contributed by atoms with van der Waals surface area (Å²) in [5.74, 6) is 0. The van der Waals surface area contributed by atoms with Crippen molar-refractivity contribution in [2.24, 2.45) is 0 Å². The summed E-state index contributed by atoms with van der Waals surface area (Å²) in [6.45, 7) is 15.3. The van der Waals surface area contributed by atoms with Gasteiger partial charge in [-0.15, -0.1) is 0 Å². The smallest absolute Gasteiger partial charge is 0.0865 e. The van der Waals surface area contributed by atoms with E-state index in [9.17, 15) is 0 Å². The normalized spacial score (nSPS) is 10.6. The molecule has 0 N–H and O–H groups in total. The predicted octanol–water partition coefficient (Wildman–Crippen LogP) is 10.9. The minimum atomic E-state index is 0.833. The molecular formula is C27H60B2. The lowest BCUT2D eigenvalue weighted by atomic mass is 9.41. The summed E-state index contributed by atoms with van der Waals surface area (Å²) >= 11 is 0. The van der Waals surface area contributed by atoms with E-state index in [4.69, 9.17) is 0 Å². The second kappa shape index (κ2) is 28.1. The fraction of sp³-hybridized carbons (Fsp3) is 1.00. The maximum absolute atomic E-state index is 2.32. The maximum Gasteiger partial charge on any atom is 0.139 e. The Morgan fingerprint density at radius 2 is 0.552 bits per heavy atom. The molecule has 0 fully saturated rings. The highest BCUT2D eigenvalue weighted by molar-refractivity contribution is 6.58. The van der Waals surface area contributed by atoms with Crippen LogP contribution in [0, 0.1) is 0 Å². The molecule has 0 bridgehead atoms. The molecule has 29 heavy (non-hydrogen) atoms. The first-order valence-electron chi connectivity index (χ1n) is 14.1. The molecule has 0 aromatic carbocycles. The third kappa shape index (κ3) is 33.0. The Morgan fingerprint density at radius 1 is 0.345 bits per heavy atom. The Bertz CT molecular complexity index is 224. The molecule has 0 saturated heterocycles. The monoisotopic (exact) mass is 406 g/mol. The van der Waals surface area contributed by atoms with Gasteiger partial charge >= 0.3 is 0 Å². The molecule has 0 nitrogen and oxygen atoms in total. The van der Waals surface area contributed by atoms with Crippen LogP contribution in [0.3, 0.4) is 0 Å². The van der Waals surface area contributed by atoms with Crippen molar-refractivity contribution in [1.82, 2.24) is 0 Å². The fourth-order valence-corrected chi connectivity index (χ4v) is 4.07. The van der Waals surface area contributed by atoms with E-state index in [0.29, 0.717) is 0 Å². The van der Waals surface area contributed by atoms with E-state index in [1.54, 1.807) is 0 Å². The molecule has 2 heteroatoms. The summed E-state index contributed by atoms with van der Waals surface area (Å²) in [5.41, 5.74) is 0. The van der Waals surface area contributed by atoms with Crippen LogP contribution in [0.15, 0.2) is 0 Å². The third-order valence-corrected chi connectivity index (χ3v) is 5.90. The molecule has 0 aliphatic heterocycles. The molecule has 0 aromatic rings. The zero-order valence-electron chi connectivity index (χ0n) is 22.0. The van der Waals surface area contributed by atoms with Gasteiger partial charge in [0, 0.05) is 0 Å². The highest BCUT2D eigenvalue weighted by Crippen LogP contribution is 2.20. The number of rotatable bonds is 21. The van der Waals surface area contributed by atoms with E-state index in [1.807, 2.05) is 0 Å². The minimum Gasteiger partial charge on any atom is -0.0865 e. The van der Waals surface area contributed by atoms with Gasteiger partial charge in [0.15, 0.2) is 0 Å². The van der Waals surface area contributed by atoms with Crippen molar-refractivity contribution in [2.45, 2.75) is 176 Å². The van der Waals surface area contributed by atoms with Crippen molar-refractivity contribution < 1.29 is 0 Å². The van der Waals surface area contributed by atoms with E-state index in [2.05, 4.69) is 41.2 Å². The molecule has 0 aromatic heterocycles. The summed E-state index contributed by atoms with van der Waals surface area (Å²) in [6, 6.07) is 0. The van der Waals surface area contributed by atoms with Crippen LogP contribution in [0.5, 0.6) is 0 Å². The molecule has 0 unspecified atom stereocenters. The van der Waals surface area contributed by atoms with E-state index in [0.717, 1.165) is 13.4 Å². The van der Waals surface area contributed by atoms with Crippen LogP contribution in [0.1, 0.15) is 136 Å². The highest BCUT2D eigenvalue weighted by atomic mass is 14.0. The summed E-state index contributed by atoms with van der Waals surface area (Å²) < 4.78 is 0. The molecule has 0 rings (SSSR count). The van der Waals surface area contributed by atoms with E-state index < -0.39 is 0 Å². The summed E-state index contributed by atoms with van der Waals surface area (Å²) in [6.07, 6.45) is 30.8. The third-order valence-electron chi connectivity index (χ3n) is 5.90. The minimum absolute atomic E-state index is 0.833. The molecule has 0 atom stereocenters. The number of hydrogen-bond donors (Lipinski definition) is 0. The van der Waals surface area contributed by atoms with Crippen molar-refractivity contribution in [3.63, 3.8) is 0 Å². The van der Waals surface area contributed by atoms with Crippen LogP contribution >= 0.6 is 0 Å². The second-order valence-electron chi connectivity index (χ2n) is 10.3. The Labute approximate surface area is 189 Å². The fourth-order valence-electron chi connectivity index (χ4n) is 4.07. The summed E-state index contributed by atoms with van der Waals surface area (Å²) in [5, 5.41) is 0. The molecule has 0 aliphatic carbocycles. The van der Waals surface area contributed by atoms with Crippen molar-refractivity contribution in [3.8, 4) is 0 Å². The van der Waals surface area contributed by atoms with Crippen molar-refractivity contribution in [1.29, 1.82) is 0 Å². The Kier molecular flexibility index (Phi) is 30.4. The van der Waals surface area contributed by atoms with Gasteiger partial charge in [-0.05, 0) is 0 Å². The first kappa shape index (κ1) is 31.3.